The Balaban J connectivity index is 1.45. The number of aromatic nitrogens is 4. The number of aliphatic hydroxyl groups excluding tert-OH is 1. The van der Waals surface area contributed by atoms with E-state index in [2.05, 4.69) is 15.5 Å². The van der Waals surface area contributed by atoms with Crippen molar-refractivity contribution in [1.29, 1.82) is 0 Å². The molecule has 1 aromatic heterocycles. The SMILES string of the molecule is COc1ccc(OC[C@@H](O)CSc2nnnn2C2CCCCC2)cc1. The molecule has 0 bridgehead atoms. The molecule has 0 saturated heterocycles. The predicted molar refractivity (Wildman–Crippen MR) is 95.2 cm³/mol. The van der Waals surface area contributed by atoms with Crippen molar-refractivity contribution in [3.63, 3.8) is 0 Å². The van der Waals surface area contributed by atoms with E-state index in [1.54, 1.807) is 7.11 Å². The number of thioether (sulfide) groups is 1. The summed E-state index contributed by atoms with van der Waals surface area (Å²) in [6, 6.07) is 7.69. The summed E-state index contributed by atoms with van der Waals surface area (Å²) in [4.78, 5) is 0. The van der Waals surface area contributed by atoms with Gasteiger partial charge in [0.15, 0.2) is 0 Å². The smallest absolute Gasteiger partial charge is 0.209 e. The lowest BCUT2D eigenvalue weighted by Gasteiger charge is -2.22. The van der Waals surface area contributed by atoms with Gasteiger partial charge in [-0.3, -0.25) is 0 Å². The summed E-state index contributed by atoms with van der Waals surface area (Å²) in [7, 11) is 1.62. The van der Waals surface area contributed by atoms with Gasteiger partial charge in [0.1, 0.15) is 18.1 Å². The average Bonchev–Trinajstić information content (AvgIpc) is 3.14. The van der Waals surface area contributed by atoms with Crippen LogP contribution in [0.4, 0.5) is 0 Å². The van der Waals surface area contributed by atoms with E-state index in [1.807, 2.05) is 28.9 Å². The van der Waals surface area contributed by atoms with Crippen molar-refractivity contribution in [1.82, 2.24) is 20.2 Å². The highest BCUT2D eigenvalue weighted by Crippen LogP contribution is 2.30. The normalized spacial score (nSPS) is 16.6. The first kappa shape index (κ1) is 18.0. The van der Waals surface area contributed by atoms with Crippen molar-refractivity contribution in [2.75, 3.05) is 19.5 Å². The van der Waals surface area contributed by atoms with E-state index in [9.17, 15) is 5.11 Å². The Morgan fingerprint density at radius 1 is 1.20 bits per heavy atom. The lowest BCUT2D eigenvalue weighted by atomic mass is 9.96. The van der Waals surface area contributed by atoms with Crippen molar-refractivity contribution in [2.24, 2.45) is 0 Å². The fourth-order valence-electron chi connectivity index (χ4n) is 2.92. The topological polar surface area (TPSA) is 82.3 Å². The molecule has 1 aliphatic carbocycles. The number of nitrogens with zero attached hydrogens (tertiary/aromatic N) is 4. The maximum atomic E-state index is 10.2. The highest BCUT2D eigenvalue weighted by Gasteiger charge is 2.21. The standard InChI is InChI=1S/C17H24N4O3S/c1-23-15-7-9-16(10-8-15)24-11-14(22)12-25-17-18-19-20-21(17)13-5-3-2-4-6-13/h7-10,13-14,22H,2-6,11-12H2,1H3/t14-/m1/s1. The molecule has 1 saturated carbocycles. The van der Waals surface area contributed by atoms with Crippen LogP contribution in [0.5, 0.6) is 11.5 Å². The zero-order valence-electron chi connectivity index (χ0n) is 14.4. The number of ether oxygens (including phenoxy) is 2. The second kappa shape index (κ2) is 9.05. The molecule has 136 valence electrons. The molecule has 1 N–H and O–H groups in total. The quantitative estimate of drug-likeness (QED) is 0.721. The summed E-state index contributed by atoms with van der Waals surface area (Å²) in [5.41, 5.74) is 0. The van der Waals surface area contributed by atoms with Crippen molar-refractivity contribution < 1.29 is 14.6 Å². The third kappa shape index (κ3) is 5.09. The molecule has 7 nitrogen and oxygen atoms in total. The molecule has 1 heterocycles. The lowest BCUT2D eigenvalue weighted by molar-refractivity contribution is 0.126. The van der Waals surface area contributed by atoms with Gasteiger partial charge in [-0.1, -0.05) is 31.0 Å². The minimum Gasteiger partial charge on any atom is -0.497 e. The zero-order valence-corrected chi connectivity index (χ0v) is 15.2. The number of benzene rings is 1. The van der Waals surface area contributed by atoms with Gasteiger partial charge in [-0.25, -0.2) is 4.68 Å². The van der Waals surface area contributed by atoms with E-state index in [0.717, 1.165) is 23.7 Å². The first-order chi connectivity index (χ1) is 12.3. The zero-order chi connectivity index (χ0) is 17.5. The van der Waals surface area contributed by atoms with Crippen LogP contribution in [0.1, 0.15) is 38.1 Å². The van der Waals surface area contributed by atoms with E-state index in [0.29, 0.717) is 17.5 Å². The summed E-state index contributed by atoms with van der Waals surface area (Å²) in [6.07, 6.45) is 5.41. The van der Waals surface area contributed by atoms with E-state index in [1.165, 1.54) is 31.0 Å². The van der Waals surface area contributed by atoms with Crippen molar-refractivity contribution in [3.8, 4) is 11.5 Å². The van der Waals surface area contributed by atoms with Crippen LogP contribution in [-0.4, -0.2) is 50.9 Å². The molecular formula is C17H24N4O3S. The maximum Gasteiger partial charge on any atom is 0.209 e. The Bertz CT molecular complexity index is 644. The fraction of sp³-hybridized carbons (Fsp3) is 0.588. The average molecular weight is 364 g/mol. The fourth-order valence-corrected chi connectivity index (χ4v) is 3.77. The summed E-state index contributed by atoms with van der Waals surface area (Å²) in [6.45, 7) is 0.227. The molecule has 1 atom stereocenters. The van der Waals surface area contributed by atoms with Crippen LogP contribution in [0.15, 0.2) is 29.4 Å². The van der Waals surface area contributed by atoms with Gasteiger partial charge in [-0.05, 0) is 47.5 Å². The van der Waals surface area contributed by atoms with Gasteiger partial charge in [0.05, 0.1) is 19.3 Å². The molecule has 1 aromatic carbocycles. The highest BCUT2D eigenvalue weighted by molar-refractivity contribution is 7.99. The van der Waals surface area contributed by atoms with E-state index < -0.39 is 6.10 Å². The third-order valence-corrected chi connectivity index (χ3v) is 5.37. The lowest BCUT2D eigenvalue weighted by Crippen LogP contribution is -2.21. The molecule has 1 fully saturated rings. The number of hydrogen-bond acceptors (Lipinski definition) is 7. The van der Waals surface area contributed by atoms with Gasteiger partial charge in [0, 0.05) is 5.75 Å². The number of hydrogen-bond donors (Lipinski definition) is 1. The first-order valence-corrected chi connectivity index (χ1v) is 9.60. The first-order valence-electron chi connectivity index (χ1n) is 8.62. The largest absolute Gasteiger partial charge is 0.497 e. The van der Waals surface area contributed by atoms with Gasteiger partial charge in [-0.15, -0.1) is 5.10 Å². The molecule has 3 rings (SSSR count). The predicted octanol–water partition coefficient (Wildman–Crippen LogP) is 2.72. The van der Waals surface area contributed by atoms with E-state index in [4.69, 9.17) is 9.47 Å². The molecule has 0 aliphatic heterocycles. The van der Waals surface area contributed by atoms with Gasteiger partial charge in [-0.2, -0.15) is 0 Å². The Kier molecular flexibility index (Phi) is 6.52. The summed E-state index contributed by atoms with van der Waals surface area (Å²) in [5, 5.41) is 23.0. The van der Waals surface area contributed by atoms with Gasteiger partial charge in [0.25, 0.3) is 0 Å². The van der Waals surface area contributed by atoms with Crippen LogP contribution in [0.25, 0.3) is 0 Å². The third-order valence-electron chi connectivity index (χ3n) is 4.29. The number of aliphatic hydroxyl groups is 1. The Morgan fingerprint density at radius 2 is 1.92 bits per heavy atom. The van der Waals surface area contributed by atoms with Crippen LogP contribution in [0.2, 0.25) is 0 Å². The Hall–Kier alpha value is -1.80. The second-order valence-corrected chi connectivity index (χ2v) is 7.14. The summed E-state index contributed by atoms with van der Waals surface area (Å²) >= 11 is 1.47. The van der Waals surface area contributed by atoms with Crippen LogP contribution < -0.4 is 9.47 Å². The van der Waals surface area contributed by atoms with Gasteiger partial charge < -0.3 is 14.6 Å². The minimum atomic E-state index is -0.594. The number of tetrazole rings is 1. The van der Waals surface area contributed by atoms with E-state index >= 15 is 0 Å². The van der Waals surface area contributed by atoms with Gasteiger partial charge in [0.2, 0.25) is 5.16 Å². The summed E-state index contributed by atoms with van der Waals surface area (Å²) < 4.78 is 12.6. The molecule has 1 aliphatic rings. The molecule has 0 unspecified atom stereocenters. The Labute approximate surface area is 151 Å². The van der Waals surface area contributed by atoms with Crippen LogP contribution >= 0.6 is 11.8 Å². The van der Waals surface area contributed by atoms with Crippen LogP contribution in [0, 0.1) is 0 Å². The van der Waals surface area contributed by atoms with Crippen molar-refractivity contribution in [3.05, 3.63) is 24.3 Å². The highest BCUT2D eigenvalue weighted by atomic mass is 32.2. The minimum absolute atomic E-state index is 0.227. The van der Waals surface area contributed by atoms with Crippen molar-refractivity contribution in [2.45, 2.75) is 49.4 Å². The summed E-state index contributed by atoms with van der Waals surface area (Å²) in [5.74, 6) is 1.97. The molecule has 25 heavy (non-hydrogen) atoms. The van der Waals surface area contributed by atoms with E-state index in [-0.39, 0.29) is 6.61 Å². The van der Waals surface area contributed by atoms with Gasteiger partial charge >= 0.3 is 0 Å². The maximum absolute atomic E-state index is 10.2. The monoisotopic (exact) mass is 364 g/mol. The molecule has 2 aromatic rings. The number of methoxy groups -OCH3 is 1. The molecular weight excluding hydrogens is 340 g/mol. The molecule has 8 heteroatoms. The van der Waals surface area contributed by atoms with Crippen LogP contribution in [-0.2, 0) is 0 Å². The van der Waals surface area contributed by atoms with Crippen molar-refractivity contribution >= 4 is 11.8 Å². The Morgan fingerprint density at radius 3 is 2.64 bits per heavy atom. The second-order valence-electron chi connectivity index (χ2n) is 6.15. The molecule has 0 spiro atoms. The number of rotatable bonds is 8. The molecule has 0 amide bonds. The van der Waals surface area contributed by atoms with Crippen LogP contribution in [0.3, 0.4) is 0 Å². The molecule has 0 radical (unpaired) electrons.